The van der Waals surface area contributed by atoms with Crippen molar-refractivity contribution in [3.05, 3.63) is 173 Å². The third-order valence-electron chi connectivity index (χ3n) is 10.4. The van der Waals surface area contributed by atoms with Crippen LogP contribution in [-0.2, 0) is 32.6 Å². The van der Waals surface area contributed by atoms with Crippen molar-refractivity contribution in [2.45, 2.75) is 56.4 Å². The van der Waals surface area contributed by atoms with Crippen LogP contribution in [0.5, 0.6) is 0 Å². The number of nitrogens with zero attached hydrogens (tertiary/aromatic N) is 1. The lowest BCUT2D eigenvalue weighted by atomic mass is 9.89. The minimum Gasteiger partial charge on any atom is -0.392 e. The van der Waals surface area contributed by atoms with Crippen molar-refractivity contribution in [2.24, 2.45) is 5.92 Å². The third kappa shape index (κ3) is 8.44. The second kappa shape index (κ2) is 16.1. The van der Waals surface area contributed by atoms with Gasteiger partial charge in [-0.25, -0.2) is 13.1 Å². The van der Waals surface area contributed by atoms with E-state index in [1.165, 1.54) is 16.3 Å². The minimum absolute atomic E-state index is 0.0138. The maximum Gasteiger partial charge on any atom is 0.240 e. The fraction of sp³-hybridized carbons (Fsp3) is 0.244. The molecule has 0 aliphatic carbocycles. The summed E-state index contributed by atoms with van der Waals surface area (Å²) in [4.78, 5) is 2.59. The van der Waals surface area contributed by atoms with Gasteiger partial charge >= 0.3 is 0 Å². The molecule has 8 heteroatoms. The highest BCUT2D eigenvalue weighted by Gasteiger charge is 2.39. The third-order valence-corrected chi connectivity index (χ3v) is 11.9. The smallest absolute Gasteiger partial charge is 0.240 e. The van der Waals surface area contributed by atoms with Crippen LogP contribution in [0.4, 0.5) is 0 Å². The molecule has 7 nitrogen and oxygen atoms in total. The summed E-state index contributed by atoms with van der Waals surface area (Å²) in [5.41, 5.74) is 6.83. The number of aliphatic hydroxyl groups excluding tert-OH is 1. The van der Waals surface area contributed by atoms with E-state index in [1.807, 2.05) is 66.7 Å². The van der Waals surface area contributed by atoms with E-state index in [0.717, 1.165) is 33.4 Å². The number of sulfonamides is 1. The summed E-state index contributed by atoms with van der Waals surface area (Å²) in [6.45, 7) is 5.27. The Bertz CT molecular complexity index is 2260. The Kier molecular flexibility index (Phi) is 11.2. The number of hydrogen-bond acceptors (Lipinski definition) is 6. The van der Waals surface area contributed by atoms with Gasteiger partial charge in [-0.1, -0.05) is 122 Å². The Morgan fingerprint density at radius 3 is 2.17 bits per heavy atom. The molecule has 5 atom stereocenters. The van der Waals surface area contributed by atoms with Gasteiger partial charge in [-0.05, 0) is 88.5 Å². The lowest BCUT2D eigenvalue weighted by Gasteiger charge is -2.43. The van der Waals surface area contributed by atoms with Crippen molar-refractivity contribution in [1.29, 1.82) is 0 Å². The van der Waals surface area contributed by atoms with Crippen molar-refractivity contribution in [1.82, 2.24) is 9.62 Å². The monoisotopic (exact) mass is 726 g/mol. The van der Waals surface area contributed by atoms with Gasteiger partial charge in [0.15, 0.2) is 6.29 Å². The van der Waals surface area contributed by atoms with Crippen LogP contribution in [0.15, 0.2) is 150 Å². The topological polar surface area (TPSA) is 88.1 Å². The number of nitrogens with one attached hydrogen (secondary N) is 1. The molecule has 1 aliphatic heterocycles. The molecule has 272 valence electrons. The van der Waals surface area contributed by atoms with Crippen LogP contribution in [0.3, 0.4) is 0 Å². The van der Waals surface area contributed by atoms with Gasteiger partial charge < -0.3 is 14.6 Å². The van der Waals surface area contributed by atoms with Gasteiger partial charge in [0.05, 0.1) is 23.7 Å². The molecule has 1 fully saturated rings. The van der Waals surface area contributed by atoms with Gasteiger partial charge in [-0.15, -0.1) is 0 Å². The molecule has 0 aromatic heterocycles. The second-order valence-electron chi connectivity index (χ2n) is 14.0. The van der Waals surface area contributed by atoms with Crippen LogP contribution in [0.1, 0.15) is 60.1 Å². The molecule has 0 saturated carbocycles. The van der Waals surface area contributed by atoms with E-state index >= 15 is 0 Å². The number of fused-ring (bicyclic) bond motifs is 1. The van der Waals surface area contributed by atoms with Crippen molar-refractivity contribution in [3.8, 4) is 11.1 Å². The molecule has 1 saturated heterocycles. The van der Waals surface area contributed by atoms with Crippen molar-refractivity contribution < 1.29 is 23.0 Å². The van der Waals surface area contributed by atoms with Crippen molar-refractivity contribution in [2.75, 3.05) is 13.6 Å². The highest BCUT2D eigenvalue weighted by Crippen LogP contribution is 2.43. The summed E-state index contributed by atoms with van der Waals surface area (Å²) < 4.78 is 42.1. The number of rotatable bonds is 12. The lowest BCUT2D eigenvalue weighted by molar-refractivity contribution is -0.276. The first-order valence-electron chi connectivity index (χ1n) is 18.1. The quantitative estimate of drug-likeness (QED) is 0.131. The average molecular weight is 727 g/mol. The van der Waals surface area contributed by atoms with E-state index in [4.69, 9.17) is 9.47 Å². The minimum atomic E-state index is -3.64. The number of likely N-dealkylation sites (N-methyl/N-ethyl adjacent to an activating group) is 1. The number of ether oxygens (including phenoxy) is 2. The summed E-state index contributed by atoms with van der Waals surface area (Å²) >= 11 is 0. The largest absolute Gasteiger partial charge is 0.392 e. The Hall–Kier alpha value is -4.67. The zero-order valence-electron chi connectivity index (χ0n) is 30.3. The van der Waals surface area contributed by atoms with Crippen LogP contribution in [0, 0.1) is 5.92 Å². The van der Waals surface area contributed by atoms with E-state index in [1.54, 1.807) is 30.3 Å². The number of hydrogen-bond donors (Lipinski definition) is 2. The normalized spacial score (nSPS) is 19.7. The van der Waals surface area contributed by atoms with E-state index in [0.29, 0.717) is 6.54 Å². The fourth-order valence-corrected chi connectivity index (χ4v) is 8.12. The van der Waals surface area contributed by atoms with Crippen LogP contribution < -0.4 is 4.72 Å². The van der Waals surface area contributed by atoms with Gasteiger partial charge in [0, 0.05) is 30.6 Å². The highest BCUT2D eigenvalue weighted by molar-refractivity contribution is 7.89. The Labute approximate surface area is 312 Å². The lowest BCUT2D eigenvalue weighted by Crippen LogP contribution is -2.44. The van der Waals surface area contributed by atoms with E-state index < -0.39 is 16.3 Å². The average Bonchev–Trinajstić information content (AvgIpc) is 3.21. The maximum atomic E-state index is 12.9. The molecular weight excluding hydrogens is 681 g/mol. The van der Waals surface area contributed by atoms with Crippen LogP contribution in [-0.4, -0.2) is 38.1 Å². The predicted octanol–water partition coefficient (Wildman–Crippen LogP) is 8.96. The van der Waals surface area contributed by atoms with Gasteiger partial charge in [0.2, 0.25) is 10.0 Å². The number of benzene rings is 6. The number of aliphatic hydroxyl groups is 1. The molecule has 0 radical (unpaired) electrons. The Morgan fingerprint density at radius 2 is 1.42 bits per heavy atom. The molecule has 7 rings (SSSR count). The summed E-state index contributed by atoms with van der Waals surface area (Å²) in [7, 11) is -1.49. The predicted molar refractivity (Wildman–Crippen MR) is 210 cm³/mol. The van der Waals surface area contributed by atoms with Crippen molar-refractivity contribution in [3.63, 3.8) is 0 Å². The molecule has 1 heterocycles. The van der Waals surface area contributed by atoms with Crippen LogP contribution in [0.2, 0.25) is 0 Å². The molecule has 5 unspecified atom stereocenters. The first kappa shape index (κ1) is 36.7. The SMILES string of the molecule is CC1C(CN(C)C(C)c2ccc3ccccc3c2)OC(c2cccc(-c3cccc(CNS(=O)(=O)c4ccccc4)c3)c2)OC1c1ccc(CO)cc1. The van der Waals surface area contributed by atoms with Gasteiger partial charge in [0.25, 0.3) is 0 Å². The summed E-state index contributed by atoms with van der Waals surface area (Å²) in [6.07, 6.45) is -1.00. The molecule has 2 N–H and O–H groups in total. The molecule has 0 amide bonds. The van der Waals surface area contributed by atoms with Gasteiger partial charge in [0.1, 0.15) is 0 Å². The van der Waals surface area contributed by atoms with Gasteiger partial charge in [-0.3, -0.25) is 4.90 Å². The Balaban J connectivity index is 1.13. The van der Waals surface area contributed by atoms with E-state index in [2.05, 4.69) is 79.0 Å². The molecule has 0 spiro atoms. The van der Waals surface area contributed by atoms with Crippen LogP contribution in [0.25, 0.3) is 21.9 Å². The molecule has 6 aromatic rings. The first-order valence-corrected chi connectivity index (χ1v) is 19.6. The molecular formula is C45H46N2O5S. The maximum absolute atomic E-state index is 12.9. The molecule has 6 aromatic carbocycles. The van der Waals surface area contributed by atoms with E-state index in [-0.39, 0.29) is 42.2 Å². The molecule has 0 bridgehead atoms. The van der Waals surface area contributed by atoms with E-state index in [9.17, 15) is 13.5 Å². The molecule has 1 aliphatic rings. The zero-order chi connectivity index (χ0) is 37.0. The second-order valence-corrected chi connectivity index (χ2v) is 15.8. The Morgan fingerprint density at radius 1 is 0.717 bits per heavy atom. The van der Waals surface area contributed by atoms with Gasteiger partial charge in [-0.2, -0.15) is 0 Å². The summed E-state index contributed by atoms with van der Waals surface area (Å²) in [6, 6.07) is 47.7. The van der Waals surface area contributed by atoms with Crippen molar-refractivity contribution >= 4 is 20.8 Å². The standard InChI is InChI=1S/C45H46N2O5S/c1-31-43(29-47(3)32(2)37-24-23-35-12-7-8-13-39(35)26-37)51-45(52-44(31)36-21-19-33(30-48)20-22-36)41-16-10-15-40(27-41)38-14-9-11-34(25-38)28-46-53(49,50)42-17-5-4-6-18-42/h4-27,31-32,43-46,48H,28-30H2,1-3H3. The summed E-state index contributed by atoms with van der Waals surface area (Å²) in [5.74, 6) is 0.0389. The highest BCUT2D eigenvalue weighted by atomic mass is 32.2. The first-order chi connectivity index (χ1) is 25.7. The molecule has 53 heavy (non-hydrogen) atoms. The zero-order valence-corrected chi connectivity index (χ0v) is 31.1. The van der Waals surface area contributed by atoms with Crippen LogP contribution >= 0.6 is 0 Å². The fourth-order valence-electron chi connectivity index (χ4n) is 7.08. The summed E-state index contributed by atoms with van der Waals surface area (Å²) in [5, 5.41) is 12.1.